The highest BCUT2D eigenvalue weighted by molar-refractivity contribution is 6.32. The summed E-state index contributed by atoms with van der Waals surface area (Å²) in [5, 5.41) is 3.31. The first-order valence-corrected chi connectivity index (χ1v) is 6.54. The normalized spacial score (nSPS) is 13.7. The summed E-state index contributed by atoms with van der Waals surface area (Å²) in [6.45, 7) is 1.30. The van der Waals surface area contributed by atoms with Gasteiger partial charge in [0.15, 0.2) is 22.5 Å². The van der Waals surface area contributed by atoms with E-state index < -0.39 is 0 Å². The number of fused-ring (bicyclic) bond motifs is 1. The first-order chi connectivity index (χ1) is 9.74. The number of benzene rings is 1. The van der Waals surface area contributed by atoms with E-state index in [1.807, 2.05) is 18.2 Å². The molecule has 6 nitrogen and oxygen atoms in total. The van der Waals surface area contributed by atoms with Crippen LogP contribution in [-0.4, -0.2) is 23.2 Å². The number of anilines is 3. The zero-order chi connectivity index (χ0) is 13.9. The largest absolute Gasteiger partial charge is 0.490 e. The van der Waals surface area contributed by atoms with E-state index in [-0.39, 0.29) is 5.15 Å². The lowest BCUT2D eigenvalue weighted by atomic mass is 10.2. The smallest absolute Gasteiger partial charge is 0.163 e. The Kier molecular flexibility index (Phi) is 3.47. The molecule has 0 saturated heterocycles. The molecule has 104 valence electrons. The molecule has 0 amide bonds. The second-order valence-electron chi connectivity index (χ2n) is 4.26. The van der Waals surface area contributed by atoms with Gasteiger partial charge in [0.25, 0.3) is 0 Å². The van der Waals surface area contributed by atoms with E-state index in [1.54, 1.807) is 0 Å². The molecule has 2 heterocycles. The van der Waals surface area contributed by atoms with Crippen molar-refractivity contribution in [1.29, 1.82) is 0 Å². The first-order valence-electron chi connectivity index (χ1n) is 6.16. The lowest BCUT2D eigenvalue weighted by Crippen LogP contribution is -2.01. The molecule has 0 unspecified atom stereocenters. The van der Waals surface area contributed by atoms with Crippen LogP contribution in [0.1, 0.15) is 6.42 Å². The number of ether oxygens (including phenoxy) is 2. The van der Waals surface area contributed by atoms with Crippen LogP contribution in [0.5, 0.6) is 11.5 Å². The van der Waals surface area contributed by atoms with E-state index in [0.29, 0.717) is 30.5 Å². The molecule has 1 aromatic heterocycles. The van der Waals surface area contributed by atoms with E-state index in [4.69, 9.17) is 26.8 Å². The zero-order valence-corrected chi connectivity index (χ0v) is 11.4. The second kappa shape index (κ2) is 5.42. The Balaban J connectivity index is 1.88. The molecular weight excluding hydrogens is 280 g/mol. The van der Waals surface area contributed by atoms with Crippen LogP contribution in [-0.2, 0) is 0 Å². The molecule has 0 fully saturated rings. The van der Waals surface area contributed by atoms with Gasteiger partial charge in [0, 0.05) is 18.2 Å². The maximum absolute atomic E-state index is 5.86. The van der Waals surface area contributed by atoms with Crippen LogP contribution in [0.3, 0.4) is 0 Å². The van der Waals surface area contributed by atoms with Crippen molar-refractivity contribution < 1.29 is 9.47 Å². The first kappa shape index (κ1) is 12.8. The molecule has 0 spiro atoms. The number of hydrogen-bond acceptors (Lipinski definition) is 6. The van der Waals surface area contributed by atoms with Crippen LogP contribution >= 0.6 is 11.6 Å². The highest BCUT2D eigenvalue weighted by atomic mass is 35.5. The maximum atomic E-state index is 5.86. The molecule has 0 bridgehead atoms. The molecule has 3 rings (SSSR count). The number of halogens is 1. The summed E-state index contributed by atoms with van der Waals surface area (Å²) >= 11 is 5.86. The average molecular weight is 293 g/mol. The minimum Gasteiger partial charge on any atom is -0.490 e. The summed E-state index contributed by atoms with van der Waals surface area (Å²) in [6.07, 6.45) is 2.22. The number of hydrogen-bond donors (Lipinski definition) is 2. The van der Waals surface area contributed by atoms with Gasteiger partial charge in [-0.2, -0.15) is 0 Å². The summed E-state index contributed by atoms with van der Waals surface area (Å²) < 4.78 is 11.2. The molecule has 2 aromatic rings. The molecule has 0 aliphatic carbocycles. The standard InChI is InChI=1S/C13H13ClN4O2/c14-12-11(15)13(17-7-16-12)18-8-2-3-9-10(6-8)20-5-1-4-19-9/h2-3,6-7H,1,4-5,15H2,(H,16,17,18). The van der Waals surface area contributed by atoms with Crippen molar-refractivity contribution in [3.8, 4) is 11.5 Å². The SMILES string of the molecule is Nc1c(Cl)ncnc1Nc1ccc2c(c1)OCCCO2. The fraction of sp³-hybridized carbons (Fsp3) is 0.231. The summed E-state index contributed by atoms with van der Waals surface area (Å²) in [4.78, 5) is 7.87. The molecule has 0 radical (unpaired) electrons. The Labute approximate surface area is 120 Å². The third kappa shape index (κ3) is 2.55. The third-order valence-corrected chi connectivity index (χ3v) is 3.15. The van der Waals surface area contributed by atoms with Crippen LogP contribution in [0.15, 0.2) is 24.5 Å². The van der Waals surface area contributed by atoms with E-state index in [1.165, 1.54) is 6.33 Å². The van der Waals surface area contributed by atoms with E-state index in [0.717, 1.165) is 17.9 Å². The van der Waals surface area contributed by atoms with Crippen LogP contribution in [0, 0.1) is 0 Å². The van der Waals surface area contributed by atoms with Crippen molar-refractivity contribution in [2.75, 3.05) is 24.3 Å². The van der Waals surface area contributed by atoms with Crippen LogP contribution in [0.4, 0.5) is 17.2 Å². The molecule has 7 heteroatoms. The minimum atomic E-state index is 0.219. The summed E-state index contributed by atoms with van der Waals surface area (Å²) in [5.74, 6) is 1.90. The van der Waals surface area contributed by atoms with E-state index >= 15 is 0 Å². The molecule has 1 aromatic carbocycles. The van der Waals surface area contributed by atoms with Crippen molar-refractivity contribution in [2.24, 2.45) is 0 Å². The predicted molar refractivity (Wildman–Crippen MR) is 76.8 cm³/mol. The van der Waals surface area contributed by atoms with Crippen molar-refractivity contribution in [3.05, 3.63) is 29.7 Å². The highest BCUT2D eigenvalue weighted by Crippen LogP contribution is 2.34. The number of nitrogen functional groups attached to an aromatic ring is 1. The lowest BCUT2D eigenvalue weighted by molar-refractivity contribution is 0.297. The Morgan fingerprint density at radius 1 is 1.15 bits per heavy atom. The number of nitrogens with one attached hydrogen (secondary N) is 1. The number of rotatable bonds is 2. The van der Waals surface area contributed by atoms with Crippen molar-refractivity contribution >= 4 is 28.8 Å². The van der Waals surface area contributed by atoms with Crippen LogP contribution in [0.2, 0.25) is 5.15 Å². The van der Waals surface area contributed by atoms with Gasteiger partial charge in [-0.05, 0) is 12.1 Å². The van der Waals surface area contributed by atoms with Gasteiger partial charge < -0.3 is 20.5 Å². The van der Waals surface area contributed by atoms with Gasteiger partial charge in [-0.1, -0.05) is 11.6 Å². The van der Waals surface area contributed by atoms with Crippen molar-refractivity contribution in [1.82, 2.24) is 9.97 Å². The van der Waals surface area contributed by atoms with Gasteiger partial charge in [-0.15, -0.1) is 0 Å². The lowest BCUT2D eigenvalue weighted by Gasteiger charge is -2.12. The van der Waals surface area contributed by atoms with Crippen LogP contribution in [0.25, 0.3) is 0 Å². The number of nitrogens with two attached hydrogens (primary N) is 1. The van der Waals surface area contributed by atoms with Gasteiger partial charge in [-0.3, -0.25) is 0 Å². The van der Waals surface area contributed by atoms with Gasteiger partial charge in [-0.25, -0.2) is 9.97 Å². The monoisotopic (exact) mass is 292 g/mol. The van der Waals surface area contributed by atoms with Gasteiger partial charge in [0.1, 0.15) is 12.0 Å². The molecule has 1 aliphatic rings. The Hall–Kier alpha value is -2.21. The Morgan fingerprint density at radius 3 is 2.80 bits per heavy atom. The maximum Gasteiger partial charge on any atom is 0.163 e. The molecule has 3 N–H and O–H groups in total. The fourth-order valence-electron chi connectivity index (χ4n) is 1.85. The predicted octanol–water partition coefficient (Wildman–Crippen LogP) is 2.62. The Morgan fingerprint density at radius 2 is 1.95 bits per heavy atom. The van der Waals surface area contributed by atoms with Gasteiger partial charge >= 0.3 is 0 Å². The second-order valence-corrected chi connectivity index (χ2v) is 4.62. The number of aromatic nitrogens is 2. The Bertz CT molecular complexity index is 636. The van der Waals surface area contributed by atoms with Gasteiger partial charge in [0.2, 0.25) is 0 Å². The third-order valence-electron chi connectivity index (χ3n) is 2.85. The van der Waals surface area contributed by atoms with E-state index in [9.17, 15) is 0 Å². The topological polar surface area (TPSA) is 82.3 Å². The zero-order valence-electron chi connectivity index (χ0n) is 10.6. The summed E-state index contributed by atoms with van der Waals surface area (Å²) in [7, 11) is 0. The van der Waals surface area contributed by atoms with Gasteiger partial charge in [0.05, 0.1) is 13.2 Å². The van der Waals surface area contributed by atoms with Crippen molar-refractivity contribution in [3.63, 3.8) is 0 Å². The summed E-state index contributed by atoms with van der Waals surface area (Å²) in [6, 6.07) is 5.56. The molecule has 0 atom stereocenters. The van der Waals surface area contributed by atoms with Crippen molar-refractivity contribution in [2.45, 2.75) is 6.42 Å². The molecule has 0 saturated carbocycles. The molecule has 20 heavy (non-hydrogen) atoms. The summed E-state index contributed by atoms with van der Waals surface area (Å²) in [5.41, 5.74) is 6.91. The molecular formula is C13H13ClN4O2. The molecule has 1 aliphatic heterocycles. The minimum absolute atomic E-state index is 0.219. The number of nitrogens with zero attached hydrogens (tertiary/aromatic N) is 2. The van der Waals surface area contributed by atoms with E-state index in [2.05, 4.69) is 15.3 Å². The highest BCUT2D eigenvalue weighted by Gasteiger charge is 2.12. The quantitative estimate of drug-likeness (QED) is 0.828. The average Bonchev–Trinajstić information content (AvgIpc) is 2.69. The van der Waals surface area contributed by atoms with Crippen LogP contribution < -0.4 is 20.5 Å². The fourth-order valence-corrected chi connectivity index (χ4v) is 1.98.